The molecular weight excluding hydrogens is 404 g/mol. The van der Waals surface area contributed by atoms with Gasteiger partial charge in [0, 0.05) is 39.0 Å². The van der Waals surface area contributed by atoms with Crippen molar-refractivity contribution in [2.45, 2.75) is 19.9 Å². The lowest BCUT2D eigenvalue weighted by Crippen LogP contribution is -2.56. The van der Waals surface area contributed by atoms with Gasteiger partial charge in [0.1, 0.15) is 33.1 Å². The SMILES string of the molecule is CC(C)[C@H](NC(=O)c1c(F)cccc1F)C(=O)N1CCN(CCS(C)(=O)=O)CC1. The Morgan fingerprint density at radius 3 is 2.14 bits per heavy atom. The molecule has 162 valence electrons. The van der Waals surface area contributed by atoms with Gasteiger partial charge in [-0.05, 0) is 18.1 Å². The summed E-state index contributed by atoms with van der Waals surface area (Å²) >= 11 is 0. The van der Waals surface area contributed by atoms with Crippen LogP contribution in [0.25, 0.3) is 0 Å². The minimum absolute atomic E-state index is 0.0554. The van der Waals surface area contributed by atoms with E-state index >= 15 is 0 Å². The highest BCUT2D eigenvalue weighted by Crippen LogP contribution is 2.15. The van der Waals surface area contributed by atoms with Gasteiger partial charge in [0.25, 0.3) is 5.91 Å². The van der Waals surface area contributed by atoms with Gasteiger partial charge < -0.3 is 10.2 Å². The smallest absolute Gasteiger partial charge is 0.257 e. The Bertz CT molecular complexity index is 833. The molecule has 1 aliphatic rings. The molecule has 1 aromatic carbocycles. The van der Waals surface area contributed by atoms with Crippen molar-refractivity contribution < 1.29 is 26.8 Å². The van der Waals surface area contributed by atoms with Crippen LogP contribution in [0.15, 0.2) is 18.2 Å². The summed E-state index contributed by atoms with van der Waals surface area (Å²) in [7, 11) is -3.06. The van der Waals surface area contributed by atoms with E-state index in [1.165, 1.54) is 6.26 Å². The minimum Gasteiger partial charge on any atom is -0.340 e. The lowest BCUT2D eigenvalue weighted by Gasteiger charge is -2.37. The number of hydrogen-bond acceptors (Lipinski definition) is 5. The molecule has 10 heteroatoms. The van der Waals surface area contributed by atoms with Crippen molar-refractivity contribution in [3.8, 4) is 0 Å². The maximum Gasteiger partial charge on any atom is 0.257 e. The number of piperazine rings is 1. The third-order valence-electron chi connectivity index (χ3n) is 4.87. The monoisotopic (exact) mass is 431 g/mol. The van der Waals surface area contributed by atoms with Crippen LogP contribution in [0.3, 0.4) is 0 Å². The Kier molecular flexibility index (Phi) is 7.70. The molecule has 29 heavy (non-hydrogen) atoms. The fraction of sp³-hybridized carbons (Fsp3) is 0.579. The molecule has 7 nitrogen and oxygen atoms in total. The lowest BCUT2D eigenvalue weighted by molar-refractivity contribution is -0.136. The topological polar surface area (TPSA) is 86.8 Å². The van der Waals surface area contributed by atoms with E-state index in [2.05, 4.69) is 5.32 Å². The molecule has 1 heterocycles. The van der Waals surface area contributed by atoms with Crippen LogP contribution in [-0.2, 0) is 14.6 Å². The summed E-state index contributed by atoms with van der Waals surface area (Å²) in [5.74, 6) is -3.51. The average Bonchev–Trinajstić information content (AvgIpc) is 2.63. The van der Waals surface area contributed by atoms with Crippen LogP contribution >= 0.6 is 0 Å². The van der Waals surface area contributed by atoms with Gasteiger partial charge in [-0.25, -0.2) is 17.2 Å². The van der Waals surface area contributed by atoms with E-state index < -0.39 is 39.0 Å². The van der Waals surface area contributed by atoms with E-state index in [1.807, 2.05) is 4.90 Å². The number of sulfone groups is 1. The van der Waals surface area contributed by atoms with Gasteiger partial charge in [0.05, 0.1) is 5.75 Å². The first kappa shape index (κ1) is 23.2. The van der Waals surface area contributed by atoms with Crippen molar-refractivity contribution in [3.63, 3.8) is 0 Å². The summed E-state index contributed by atoms with van der Waals surface area (Å²) in [5, 5.41) is 2.46. The summed E-state index contributed by atoms with van der Waals surface area (Å²) in [6.45, 7) is 5.68. The highest BCUT2D eigenvalue weighted by molar-refractivity contribution is 7.90. The standard InChI is InChI=1S/C19H27F2N3O4S/c1-13(2)17(22-18(25)16-14(20)5-4-6-15(16)21)19(26)24-9-7-23(8-10-24)11-12-29(3,27)28/h4-6,13,17H,7-12H2,1-3H3,(H,22,25)/t17-/m0/s1. The first-order valence-electron chi connectivity index (χ1n) is 9.43. The summed E-state index contributed by atoms with van der Waals surface area (Å²) < 4.78 is 50.3. The van der Waals surface area contributed by atoms with Crippen molar-refractivity contribution in [1.82, 2.24) is 15.1 Å². The minimum atomic E-state index is -3.06. The number of carbonyl (C=O) groups excluding carboxylic acids is 2. The summed E-state index contributed by atoms with van der Waals surface area (Å²) in [6, 6.07) is 2.21. The summed E-state index contributed by atoms with van der Waals surface area (Å²) in [5.41, 5.74) is -0.712. The van der Waals surface area contributed by atoms with E-state index in [0.29, 0.717) is 32.7 Å². The van der Waals surface area contributed by atoms with E-state index in [4.69, 9.17) is 0 Å². The summed E-state index contributed by atoms with van der Waals surface area (Å²) in [6.07, 6.45) is 1.18. The molecule has 1 fully saturated rings. The van der Waals surface area contributed by atoms with Crippen molar-refractivity contribution in [2.24, 2.45) is 5.92 Å². The number of carbonyl (C=O) groups is 2. The van der Waals surface area contributed by atoms with Crippen LogP contribution in [-0.4, -0.2) is 80.8 Å². The zero-order valence-electron chi connectivity index (χ0n) is 16.8. The second-order valence-corrected chi connectivity index (χ2v) is 9.85. The van der Waals surface area contributed by atoms with Gasteiger partial charge in [-0.1, -0.05) is 19.9 Å². The predicted octanol–water partition coefficient (Wildman–Crippen LogP) is 0.908. The van der Waals surface area contributed by atoms with Crippen LogP contribution in [0.2, 0.25) is 0 Å². The Morgan fingerprint density at radius 2 is 1.66 bits per heavy atom. The van der Waals surface area contributed by atoms with Gasteiger partial charge in [0.2, 0.25) is 5.91 Å². The van der Waals surface area contributed by atoms with Crippen LogP contribution < -0.4 is 5.32 Å². The first-order chi connectivity index (χ1) is 13.5. The molecule has 2 amide bonds. The number of halogens is 2. The number of benzene rings is 1. The van der Waals surface area contributed by atoms with Crippen LogP contribution in [0.5, 0.6) is 0 Å². The van der Waals surface area contributed by atoms with E-state index in [9.17, 15) is 26.8 Å². The predicted molar refractivity (Wildman–Crippen MR) is 105 cm³/mol. The molecule has 0 spiro atoms. The highest BCUT2D eigenvalue weighted by Gasteiger charge is 2.32. The van der Waals surface area contributed by atoms with Crippen LogP contribution in [0.1, 0.15) is 24.2 Å². The normalized spacial score (nSPS) is 16.7. The maximum absolute atomic E-state index is 13.9. The van der Waals surface area contributed by atoms with E-state index in [-0.39, 0.29) is 17.6 Å². The Morgan fingerprint density at radius 1 is 1.10 bits per heavy atom. The Labute approximate surface area is 170 Å². The van der Waals surface area contributed by atoms with Crippen molar-refractivity contribution in [3.05, 3.63) is 35.4 Å². The third kappa shape index (κ3) is 6.46. The molecule has 1 saturated heterocycles. The van der Waals surface area contributed by atoms with Crippen LogP contribution in [0, 0.1) is 17.6 Å². The zero-order chi connectivity index (χ0) is 21.8. The van der Waals surface area contributed by atoms with Gasteiger partial charge in [-0.3, -0.25) is 14.5 Å². The van der Waals surface area contributed by atoms with Crippen molar-refractivity contribution in [2.75, 3.05) is 44.7 Å². The number of nitrogens with one attached hydrogen (secondary N) is 1. The van der Waals surface area contributed by atoms with Crippen LogP contribution in [0.4, 0.5) is 8.78 Å². The highest BCUT2D eigenvalue weighted by atomic mass is 32.2. The second-order valence-electron chi connectivity index (χ2n) is 7.59. The third-order valence-corrected chi connectivity index (χ3v) is 5.80. The molecule has 0 bridgehead atoms. The number of hydrogen-bond donors (Lipinski definition) is 1. The molecule has 1 aliphatic heterocycles. The molecule has 0 unspecified atom stereocenters. The molecule has 2 rings (SSSR count). The van der Waals surface area contributed by atoms with Gasteiger partial charge in [0.15, 0.2) is 0 Å². The Balaban J connectivity index is 2.01. The quantitative estimate of drug-likeness (QED) is 0.694. The van der Waals surface area contributed by atoms with E-state index in [1.54, 1.807) is 18.7 Å². The number of nitrogens with zero attached hydrogens (tertiary/aromatic N) is 2. The molecule has 0 saturated carbocycles. The molecule has 1 aromatic rings. The fourth-order valence-corrected chi connectivity index (χ4v) is 3.72. The van der Waals surface area contributed by atoms with E-state index in [0.717, 1.165) is 18.2 Å². The molecular formula is C19H27F2N3O4S. The first-order valence-corrected chi connectivity index (χ1v) is 11.5. The Hall–Kier alpha value is -2.07. The fourth-order valence-electron chi connectivity index (χ4n) is 3.13. The number of rotatable bonds is 7. The molecule has 1 atom stereocenters. The molecule has 0 aliphatic carbocycles. The zero-order valence-corrected chi connectivity index (χ0v) is 17.6. The van der Waals surface area contributed by atoms with Gasteiger partial charge in [-0.15, -0.1) is 0 Å². The van der Waals surface area contributed by atoms with Gasteiger partial charge >= 0.3 is 0 Å². The lowest BCUT2D eigenvalue weighted by atomic mass is 10.0. The van der Waals surface area contributed by atoms with Crippen molar-refractivity contribution >= 4 is 21.7 Å². The molecule has 0 aromatic heterocycles. The average molecular weight is 432 g/mol. The van der Waals surface area contributed by atoms with Crippen molar-refractivity contribution in [1.29, 1.82) is 0 Å². The molecule has 1 N–H and O–H groups in total. The largest absolute Gasteiger partial charge is 0.340 e. The molecule has 0 radical (unpaired) electrons. The maximum atomic E-state index is 13.9. The second kappa shape index (κ2) is 9.62. The number of amides is 2. The van der Waals surface area contributed by atoms with Gasteiger partial charge in [-0.2, -0.15) is 0 Å². The summed E-state index contributed by atoms with van der Waals surface area (Å²) in [4.78, 5) is 28.8.